The molecule has 0 amide bonds. The largest absolute Gasteiger partial charge is 0.0613 e. The molecular formula is C24H34. The Morgan fingerprint density at radius 2 is 0.625 bits per heavy atom. The summed E-state index contributed by atoms with van der Waals surface area (Å²) in [5.41, 5.74) is 17.8. The summed E-state index contributed by atoms with van der Waals surface area (Å²) in [6, 6.07) is 0. The van der Waals surface area contributed by atoms with Crippen molar-refractivity contribution in [3.8, 4) is 11.1 Å². The number of rotatable bonds is 3. The quantitative estimate of drug-likeness (QED) is 0.573. The van der Waals surface area contributed by atoms with Crippen molar-refractivity contribution in [3.05, 3.63) is 55.6 Å². The van der Waals surface area contributed by atoms with E-state index in [-0.39, 0.29) is 0 Å². The average molecular weight is 323 g/mol. The van der Waals surface area contributed by atoms with Crippen molar-refractivity contribution in [2.75, 3.05) is 0 Å². The van der Waals surface area contributed by atoms with E-state index >= 15 is 0 Å². The van der Waals surface area contributed by atoms with Gasteiger partial charge in [0.2, 0.25) is 0 Å². The van der Waals surface area contributed by atoms with E-state index in [1.54, 1.807) is 0 Å². The third kappa shape index (κ3) is 2.61. The Hall–Kier alpha value is -1.56. The van der Waals surface area contributed by atoms with Crippen LogP contribution in [-0.4, -0.2) is 0 Å². The van der Waals surface area contributed by atoms with Gasteiger partial charge < -0.3 is 0 Å². The first-order valence-corrected chi connectivity index (χ1v) is 9.37. The van der Waals surface area contributed by atoms with Crippen molar-refractivity contribution in [1.29, 1.82) is 0 Å². The van der Waals surface area contributed by atoms with Crippen LogP contribution in [0.1, 0.15) is 69.5 Å². The molecule has 0 radical (unpaired) electrons. The van der Waals surface area contributed by atoms with E-state index < -0.39 is 0 Å². The van der Waals surface area contributed by atoms with Crippen LogP contribution in [0.4, 0.5) is 0 Å². The molecule has 0 bridgehead atoms. The SMILES string of the molecule is CCc1c(C)c(C)c(C)c(C)c1-c1c(C)c(C)c(C)c(C)c1CC. The van der Waals surface area contributed by atoms with Gasteiger partial charge in [-0.3, -0.25) is 0 Å². The zero-order chi connectivity index (χ0) is 18.3. The van der Waals surface area contributed by atoms with Gasteiger partial charge in [0, 0.05) is 0 Å². The molecule has 0 unspecified atom stereocenters. The highest BCUT2D eigenvalue weighted by Crippen LogP contribution is 2.41. The van der Waals surface area contributed by atoms with Gasteiger partial charge in [0.05, 0.1) is 0 Å². The normalized spacial score (nSPS) is 11.2. The van der Waals surface area contributed by atoms with E-state index in [1.165, 1.54) is 66.8 Å². The molecule has 0 heteroatoms. The zero-order valence-corrected chi connectivity index (χ0v) is 17.4. The number of hydrogen-bond acceptors (Lipinski definition) is 0. The van der Waals surface area contributed by atoms with Gasteiger partial charge in [-0.05, 0) is 135 Å². The van der Waals surface area contributed by atoms with Crippen LogP contribution in [0.15, 0.2) is 0 Å². The second-order valence-corrected chi connectivity index (χ2v) is 7.41. The molecule has 0 aliphatic carbocycles. The second-order valence-electron chi connectivity index (χ2n) is 7.41. The number of benzene rings is 2. The van der Waals surface area contributed by atoms with Gasteiger partial charge >= 0.3 is 0 Å². The summed E-state index contributed by atoms with van der Waals surface area (Å²) in [5, 5.41) is 0. The van der Waals surface area contributed by atoms with Crippen molar-refractivity contribution in [1.82, 2.24) is 0 Å². The second kappa shape index (κ2) is 6.75. The smallest absolute Gasteiger partial charge is 0.0112 e. The van der Waals surface area contributed by atoms with E-state index in [4.69, 9.17) is 0 Å². The Bertz CT molecular complexity index is 735. The van der Waals surface area contributed by atoms with Crippen molar-refractivity contribution < 1.29 is 0 Å². The van der Waals surface area contributed by atoms with Crippen molar-refractivity contribution in [2.45, 2.75) is 82.1 Å². The molecule has 2 aromatic rings. The third-order valence-corrected chi connectivity index (χ3v) is 6.59. The predicted octanol–water partition coefficient (Wildman–Crippen LogP) is 6.95. The summed E-state index contributed by atoms with van der Waals surface area (Å²) in [4.78, 5) is 0. The Labute approximate surface area is 149 Å². The van der Waals surface area contributed by atoms with Crippen LogP contribution in [0.25, 0.3) is 11.1 Å². The van der Waals surface area contributed by atoms with Crippen LogP contribution in [0, 0.1) is 55.4 Å². The first-order chi connectivity index (χ1) is 11.2. The van der Waals surface area contributed by atoms with Gasteiger partial charge in [0.25, 0.3) is 0 Å². The van der Waals surface area contributed by atoms with Crippen molar-refractivity contribution in [3.63, 3.8) is 0 Å². The van der Waals surface area contributed by atoms with Crippen LogP contribution >= 0.6 is 0 Å². The van der Waals surface area contributed by atoms with Crippen LogP contribution in [0.5, 0.6) is 0 Å². The van der Waals surface area contributed by atoms with Gasteiger partial charge in [-0.2, -0.15) is 0 Å². The molecule has 0 saturated heterocycles. The lowest BCUT2D eigenvalue weighted by Gasteiger charge is -2.26. The molecule has 0 aromatic heterocycles. The topological polar surface area (TPSA) is 0 Å². The maximum Gasteiger partial charge on any atom is -0.0112 e. The monoisotopic (exact) mass is 322 g/mol. The van der Waals surface area contributed by atoms with E-state index in [0.29, 0.717) is 0 Å². The van der Waals surface area contributed by atoms with Gasteiger partial charge in [-0.15, -0.1) is 0 Å². The molecule has 0 saturated carbocycles. The summed E-state index contributed by atoms with van der Waals surface area (Å²) in [6.07, 6.45) is 2.19. The molecule has 2 rings (SSSR count). The first kappa shape index (κ1) is 18.8. The number of hydrogen-bond donors (Lipinski definition) is 0. The Morgan fingerprint density at radius 3 is 0.875 bits per heavy atom. The molecule has 130 valence electrons. The molecule has 0 heterocycles. The molecule has 0 spiro atoms. The van der Waals surface area contributed by atoms with Crippen LogP contribution in [0.2, 0.25) is 0 Å². The highest BCUT2D eigenvalue weighted by Gasteiger charge is 2.22. The predicted molar refractivity (Wildman–Crippen MR) is 109 cm³/mol. The van der Waals surface area contributed by atoms with Gasteiger partial charge in [0.1, 0.15) is 0 Å². The lowest BCUT2D eigenvalue weighted by Crippen LogP contribution is -2.08. The molecule has 0 atom stereocenters. The minimum Gasteiger partial charge on any atom is -0.0613 e. The van der Waals surface area contributed by atoms with Crippen LogP contribution in [-0.2, 0) is 12.8 Å². The van der Waals surface area contributed by atoms with Gasteiger partial charge in [-0.1, -0.05) is 13.8 Å². The van der Waals surface area contributed by atoms with Crippen molar-refractivity contribution in [2.24, 2.45) is 0 Å². The minimum atomic E-state index is 1.09. The van der Waals surface area contributed by atoms with E-state index in [9.17, 15) is 0 Å². The lowest BCUT2D eigenvalue weighted by molar-refractivity contribution is 1.04. The lowest BCUT2D eigenvalue weighted by atomic mass is 9.78. The Balaban J connectivity index is 3.09. The minimum absolute atomic E-state index is 1.09. The fourth-order valence-corrected chi connectivity index (χ4v) is 4.34. The van der Waals surface area contributed by atoms with Crippen LogP contribution in [0.3, 0.4) is 0 Å². The molecule has 24 heavy (non-hydrogen) atoms. The van der Waals surface area contributed by atoms with Gasteiger partial charge in [-0.25, -0.2) is 0 Å². The Kier molecular flexibility index (Phi) is 5.28. The molecule has 0 aliphatic heterocycles. The van der Waals surface area contributed by atoms with Crippen molar-refractivity contribution >= 4 is 0 Å². The van der Waals surface area contributed by atoms with E-state index in [2.05, 4.69) is 69.2 Å². The van der Waals surface area contributed by atoms with Gasteiger partial charge in [0.15, 0.2) is 0 Å². The standard InChI is InChI=1S/C24H34/c1-11-21-17(7)13(3)15(5)19(9)23(21)24-20(10)16(6)14(4)18(8)22(24)12-2/h11-12H2,1-10H3. The summed E-state index contributed by atoms with van der Waals surface area (Å²) >= 11 is 0. The molecule has 0 nitrogen and oxygen atoms in total. The van der Waals surface area contributed by atoms with Crippen LogP contribution < -0.4 is 0 Å². The highest BCUT2D eigenvalue weighted by molar-refractivity contribution is 5.82. The Morgan fingerprint density at radius 1 is 0.375 bits per heavy atom. The highest BCUT2D eigenvalue weighted by atomic mass is 14.3. The molecule has 0 aliphatic rings. The fourth-order valence-electron chi connectivity index (χ4n) is 4.34. The summed E-state index contributed by atoms with van der Waals surface area (Å²) in [7, 11) is 0. The zero-order valence-electron chi connectivity index (χ0n) is 17.4. The molecular weight excluding hydrogens is 288 g/mol. The maximum absolute atomic E-state index is 2.32. The van der Waals surface area contributed by atoms with E-state index in [0.717, 1.165) is 12.8 Å². The third-order valence-electron chi connectivity index (χ3n) is 6.59. The van der Waals surface area contributed by atoms with E-state index in [1.807, 2.05) is 0 Å². The fraction of sp³-hybridized carbons (Fsp3) is 0.500. The maximum atomic E-state index is 2.32. The summed E-state index contributed by atoms with van der Waals surface area (Å²) < 4.78 is 0. The summed E-state index contributed by atoms with van der Waals surface area (Å²) in [6.45, 7) is 23.0. The first-order valence-electron chi connectivity index (χ1n) is 9.37. The molecule has 0 fully saturated rings. The summed E-state index contributed by atoms with van der Waals surface area (Å²) in [5.74, 6) is 0. The molecule has 2 aromatic carbocycles. The average Bonchev–Trinajstić information content (AvgIpc) is 2.57. The molecule has 0 N–H and O–H groups in total.